The van der Waals surface area contributed by atoms with E-state index in [1.807, 2.05) is 36.4 Å². The molecule has 2 aliphatic rings. The number of ether oxygens (including phenoxy) is 1. The number of piperidine rings is 1. The van der Waals surface area contributed by atoms with Gasteiger partial charge in [-0.1, -0.05) is 59.6 Å². The van der Waals surface area contributed by atoms with Crippen molar-refractivity contribution in [3.8, 4) is 0 Å². The lowest BCUT2D eigenvalue weighted by molar-refractivity contribution is -0.153. The van der Waals surface area contributed by atoms with Gasteiger partial charge in [0.15, 0.2) is 0 Å². The molecule has 2 bridgehead atoms. The maximum Gasteiger partial charge on any atom is 0.311 e. The van der Waals surface area contributed by atoms with E-state index in [9.17, 15) is 4.79 Å². The summed E-state index contributed by atoms with van der Waals surface area (Å²) in [6.07, 6.45) is 3.85. The maximum atomic E-state index is 13.1. The number of benzene rings is 2. The summed E-state index contributed by atoms with van der Waals surface area (Å²) in [7, 11) is 2.14. The van der Waals surface area contributed by atoms with Crippen LogP contribution in [0, 0.1) is 5.92 Å². The van der Waals surface area contributed by atoms with E-state index in [-0.39, 0.29) is 23.8 Å². The smallest absolute Gasteiger partial charge is 0.311 e. The molecule has 0 amide bonds. The maximum absolute atomic E-state index is 13.1. The topological polar surface area (TPSA) is 29.5 Å². The van der Waals surface area contributed by atoms with Gasteiger partial charge in [-0.05, 0) is 49.6 Å². The number of rotatable bonds is 5. The van der Waals surface area contributed by atoms with E-state index in [1.165, 1.54) is 5.56 Å². The average molecular weight is 418 g/mol. The zero-order valence-electron chi connectivity index (χ0n) is 16.0. The van der Waals surface area contributed by atoms with Crippen LogP contribution in [0.1, 0.15) is 36.3 Å². The Balaban J connectivity index is 1.51. The molecule has 0 spiro atoms. The Morgan fingerprint density at radius 3 is 2.64 bits per heavy atom. The number of halogens is 2. The predicted molar refractivity (Wildman–Crippen MR) is 113 cm³/mol. The highest BCUT2D eigenvalue weighted by Gasteiger charge is 2.49. The molecule has 0 aromatic heterocycles. The molecular formula is C23H25Cl2NO2. The van der Waals surface area contributed by atoms with Crippen LogP contribution < -0.4 is 0 Å². The van der Waals surface area contributed by atoms with Crippen LogP contribution in [0.5, 0.6) is 0 Å². The van der Waals surface area contributed by atoms with Gasteiger partial charge in [0.1, 0.15) is 0 Å². The number of hydrogen-bond acceptors (Lipinski definition) is 3. The monoisotopic (exact) mass is 417 g/mol. The third-order valence-electron chi connectivity index (χ3n) is 6.39. The molecule has 2 aromatic rings. The van der Waals surface area contributed by atoms with E-state index in [4.69, 9.17) is 27.9 Å². The summed E-state index contributed by atoms with van der Waals surface area (Å²) in [5.74, 6) is -0.145. The van der Waals surface area contributed by atoms with Crippen LogP contribution in [-0.4, -0.2) is 36.6 Å². The fraction of sp³-hybridized carbons (Fsp3) is 0.435. The third-order valence-corrected chi connectivity index (χ3v) is 7.13. The van der Waals surface area contributed by atoms with Crippen LogP contribution >= 0.6 is 23.2 Å². The van der Waals surface area contributed by atoms with E-state index >= 15 is 0 Å². The Labute approximate surface area is 176 Å². The lowest BCUT2D eigenvalue weighted by Gasteiger charge is -2.42. The first-order valence-corrected chi connectivity index (χ1v) is 10.7. The van der Waals surface area contributed by atoms with Gasteiger partial charge in [0.25, 0.3) is 0 Å². The summed E-state index contributed by atoms with van der Waals surface area (Å²) in [5.41, 5.74) is 2.27. The largest absolute Gasteiger partial charge is 0.465 e. The van der Waals surface area contributed by atoms with E-state index < -0.39 is 0 Å². The summed E-state index contributed by atoms with van der Waals surface area (Å²) in [4.78, 5) is 15.5. The molecule has 4 rings (SSSR count). The van der Waals surface area contributed by atoms with Gasteiger partial charge < -0.3 is 4.74 Å². The summed E-state index contributed by atoms with van der Waals surface area (Å²) < 4.78 is 5.77. The molecule has 2 heterocycles. The zero-order chi connectivity index (χ0) is 19.7. The second kappa shape index (κ2) is 8.44. The first kappa shape index (κ1) is 19.8. The highest BCUT2D eigenvalue weighted by molar-refractivity contribution is 6.42. The van der Waals surface area contributed by atoms with E-state index in [0.29, 0.717) is 22.7 Å². The van der Waals surface area contributed by atoms with Crippen molar-refractivity contribution >= 4 is 29.2 Å². The van der Waals surface area contributed by atoms with Crippen LogP contribution in [0.4, 0.5) is 0 Å². The molecule has 2 aromatic carbocycles. The fourth-order valence-electron chi connectivity index (χ4n) is 4.88. The lowest BCUT2D eigenvalue weighted by Crippen LogP contribution is -2.49. The molecule has 3 nitrogen and oxygen atoms in total. The fourth-order valence-corrected chi connectivity index (χ4v) is 5.19. The molecule has 0 aliphatic carbocycles. The number of carbonyl (C=O) groups excluding carboxylic acids is 1. The molecule has 28 heavy (non-hydrogen) atoms. The SMILES string of the molecule is CN1[C@H]2CC[C@@H]1[C@@H](C(=O)OCCc1ccccc1)[C@@H](c1ccc(Cl)c(Cl)c1)C2. The van der Waals surface area contributed by atoms with Crippen molar-refractivity contribution in [1.82, 2.24) is 4.90 Å². The van der Waals surface area contributed by atoms with E-state index in [1.54, 1.807) is 0 Å². The van der Waals surface area contributed by atoms with Gasteiger partial charge in [0.05, 0.1) is 22.6 Å². The Morgan fingerprint density at radius 1 is 1.11 bits per heavy atom. The first-order valence-electron chi connectivity index (χ1n) is 9.92. The van der Waals surface area contributed by atoms with Gasteiger partial charge in [0.2, 0.25) is 0 Å². The van der Waals surface area contributed by atoms with Crippen LogP contribution in [0.2, 0.25) is 10.0 Å². The minimum atomic E-state index is -0.170. The quantitative estimate of drug-likeness (QED) is 0.614. The molecule has 2 aliphatic heterocycles. The van der Waals surface area contributed by atoms with Crippen molar-refractivity contribution in [3.63, 3.8) is 0 Å². The van der Waals surface area contributed by atoms with Crippen LogP contribution in [-0.2, 0) is 16.0 Å². The Morgan fingerprint density at radius 2 is 1.89 bits per heavy atom. The first-order chi connectivity index (χ1) is 13.5. The van der Waals surface area contributed by atoms with Crippen molar-refractivity contribution in [3.05, 3.63) is 69.7 Å². The summed E-state index contributed by atoms with van der Waals surface area (Å²) in [6, 6.07) is 16.6. The summed E-state index contributed by atoms with van der Waals surface area (Å²) >= 11 is 12.4. The Kier molecular flexibility index (Phi) is 5.96. The van der Waals surface area contributed by atoms with Crippen LogP contribution in [0.3, 0.4) is 0 Å². The normalized spacial score (nSPS) is 27.0. The highest BCUT2D eigenvalue weighted by atomic mass is 35.5. The molecule has 4 atom stereocenters. The lowest BCUT2D eigenvalue weighted by atomic mass is 9.76. The molecule has 2 fully saturated rings. The number of fused-ring (bicyclic) bond motifs is 2. The van der Waals surface area contributed by atoms with E-state index in [2.05, 4.69) is 24.1 Å². The number of carbonyl (C=O) groups is 1. The van der Waals surface area contributed by atoms with Gasteiger partial charge in [-0.25, -0.2) is 0 Å². The minimum absolute atomic E-state index is 0.0933. The summed E-state index contributed by atoms with van der Waals surface area (Å²) in [5, 5.41) is 1.09. The van der Waals surface area contributed by atoms with Gasteiger partial charge in [-0.2, -0.15) is 0 Å². The second-order valence-electron chi connectivity index (χ2n) is 7.91. The van der Waals surface area contributed by atoms with Crippen molar-refractivity contribution in [1.29, 1.82) is 0 Å². The highest BCUT2D eigenvalue weighted by Crippen LogP contribution is 2.47. The van der Waals surface area contributed by atoms with Crippen LogP contribution in [0.25, 0.3) is 0 Å². The van der Waals surface area contributed by atoms with Crippen molar-refractivity contribution in [2.45, 2.75) is 43.7 Å². The molecule has 2 saturated heterocycles. The van der Waals surface area contributed by atoms with Crippen LogP contribution in [0.15, 0.2) is 48.5 Å². The van der Waals surface area contributed by atoms with E-state index in [0.717, 1.165) is 31.2 Å². The third kappa shape index (κ3) is 3.94. The molecule has 0 N–H and O–H groups in total. The number of nitrogens with zero attached hydrogens (tertiary/aromatic N) is 1. The average Bonchev–Trinajstić information content (AvgIpc) is 2.93. The Bertz CT molecular complexity index is 842. The zero-order valence-corrected chi connectivity index (χ0v) is 17.5. The van der Waals surface area contributed by atoms with Gasteiger partial charge in [-0.15, -0.1) is 0 Å². The van der Waals surface area contributed by atoms with Gasteiger partial charge in [0, 0.05) is 24.4 Å². The summed E-state index contributed by atoms with van der Waals surface area (Å²) in [6.45, 7) is 0.410. The van der Waals surface area contributed by atoms with Crippen molar-refractivity contribution < 1.29 is 9.53 Å². The number of esters is 1. The van der Waals surface area contributed by atoms with Crippen molar-refractivity contribution in [2.24, 2.45) is 5.92 Å². The predicted octanol–water partition coefficient (Wildman–Crippen LogP) is 5.35. The molecule has 0 saturated carbocycles. The van der Waals surface area contributed by atoms with Crippen molar-refractivity contribution in [2.75, 3.05) is 13.7 Å². The molecule has 0 radical (unpaired) electrons. The molecule has 0 unspecified atom stereocenters. The van der Waals surface area contributed by atoms with Gasteiger partial charge >= 0.3 is 5.97 Å². The number of hydrogen-bond donors (Lipinski definition) is 0. The Hall–Kier alpha value is -1.55. The molecule has 5 heteroatoms. The molecule has 148 valence electrons. The second-order valence-corrected chi connectivity index (χ2v) is 8.72. The minimum Gasteiger partial charge on any atom is -0.465 e. The standard InChI is InChI=1S/C23H25Cl2NO2/c1-26-17-8-10-21(26)22(18(14-17)16-7-9-19(24)20(25)13-16)23(27)28-12-11-15-5-3-2-4-6-15/h2-7,9,13,17-18,21-22H,8,10-12,14H2,1H3/t17-,18+,21+,22-/m0/s1. The molecular weight excluding hydrogens is 393 g/mol. The van der Waals surface area contributed by atoms with Gasteiger partial charge in [-0.3, -0.25) is 9.69 Å².